The Bertz CT molecular complexity index is 1120. The molecule has 0 spiro atoms. The zero-order chi connectivity index (χ0) is 22.5. The quantitative estimate of drug-likeness (QED) is 0.287. The summed E-state index contributed by atoms with van der Waals surface area (Å²) >= 11 is 2.54. The lowest BCUT2D eigenvalue weighted by Gasteiger charge is -2.21. The van der Waals surface area contributed by atoms with Gasteiger partial charge in [-0.25, -0.2) is 9.78 Å². The first-order valence-corrected chi connectivity index (χ1v) is 10.9. The molecule has 0 radical (unpaired) electrons. The molecule has 2 aromatic carbocycles. The number of nitro benzene ring substituents is 1. The Morgan fingerprint density at radius 1 is 1.23 bits per heavy atom. The Morgan fingerprint density at radius 2 is 1.94 bits per heavy atom. The number of likely N-dealkylation sites (N-methyl/N-ethyl adjacent to an activating group) is 1. The number of nitrogens with zero attached hydrogens (tertiary/aromatic N) is 3. The van der Waals surface area contributed by atoms with E-state index in [1.807, 2.05) is 18.4 Å². The number of carbonyl (C=O) groups is 2. The van der Waals surface area contributed by atoms with Gasteiger partial charge in [0.25, 0.3) is 11.6 Å². The van der Waals surface area contributed by atoms with Gasteiger partial charge in [0.2, 0.25) is 0 Å². The standard InChI is InChI=1S/C21H19N3O5S2/c1-13-12-30-21(22-13)31-18-10-9-15(11-17(18)24(27)28)20(26)29-14(2)19(25)23(3)16-7-5-4-6-8-16/h4-12,14H,1-3H3. The van der Waals surface area contributed by atoms with E-state index < -0.39 is 22.9 Å². The number of rotatable bonds is 7. The number of anilines is 1. The fourth-order valence-electron chi connectivity index (χ4n) is 2.68. The first-order valence-electron chi connectivity index (χ1n) is 9.18. The maximum atomic E-state index is 12.6. The maximum absolute atomic E-state index is 12.6. The summed E-state index contributed by atoms with van der Waals surface area (Å²) in [5.41, 5.74) is 1.25. The van der Waals surface area contributed by atoms with Gasteiger partial charge in [0, 0.05) is 29.9 Å². The number of hydrogen-bond donors (Lipinski definition) is 0. The van der Waals surface area contributed by atoms with Gasteiger partial charge < -0.3 is 9.64 Å². The number of aryl methyl sites for hydroxylation is 1. The molecule has 1 atom stereocenters. The van der Waals surface area contributed by atoms with Crippen molar-refractivity contribution in [2.24, 2.45) is 0 Å². The van der Waals surface area contributed by atoms with Gasteiger partial charge in [-0.2, -0.15) is 0 Å². The third-order valence-electron chi connectivity index (χ3n) is 4.29. The zero-order valence-electron chi connectivity index (χ0n) is 17.0. The summed E-state index contributed by atoms with van der Waals surface area (Å²) in [6.07, 6.45) is -1.07. The summed E-state index contributed by atoms with van der Waals surface area (Å²) in [6, 6.07) is 13.0. The highest BCUT2D eigenvalue weighted by atomic mass is 32.2. The molecule has 0 saturated heterocycles. The van der Waals surface area contributed by atoms with Crippen LogP contribution in [0.15, 0.2) is 63.1 Å². The molecule has 10 heteroatoms. The van der Waals surface area contributed by atoms with Crippen LogP contribution in [0.2, 0.25) is 0 Å². The Balaban J connectivity index is 1.74. The van der Waals surface area contributed by atoms with Crippen molar-refractivity contribution < 1.29 is 19.2 Å². The van der Waals surface area contributed by atoms with Crippen molar-refractivity contribution in [2.45, 2.75) is 29.2 Å². The second-order valence-corrected chi connectivity index (χ2v) is 8.72. The molecule has 0 aliphatic carbocycles. The van der Waals surface area contributed by atoms with Gasteiger partial charge in [0.05, 0.1) is 15.4 Å². The number of esters is 1. The lowest BCUT2D eigenvalue weighted by atomic mass is 10.2. The zero-order valence-corrected chi connectivity index (χ0v) is 18.6. The molecule has 0 aliphatic heterocycles. The fourth-order valence-corrected chi connectivity index (χ4v) is 4.56. The van der Waals surface area contributed by atoms with E-state index >= 15 is 0 Å². The average Bonchev–Trinajstić information content (AvgIpc) is 3.17. The molecule has 0 aliphatic rings. The molecule has 1 unspecified atom stereocenters. The molecule has 31 heavy (non-hydrogen) atoms. The summed E-state index contributed by atoms with van der Waals surface area (Å²) in [5.74, 6) is -1.23. The predicted molar refractivity (Wildman–Crippen MR) is 119 cm³/mol. The van der Waals surface area contributed by atoms with Gasteiger partial charge in [-0.1, -0.05) is 30.0 Å². The monoisotopic (exact) mass is 457 g/mol. The summed E-state index contributed by atoms with van der Waals surface area (Å²) in [6.45, 7) is 3.30. The molecule has 3 aromatic rings. The molecular formula is C21H19N3O5S2. The highest BCUT2D eigenvalue weighted by molar-refractivity contribution is 8.01. The smallest absolute Gasteiger partial charge is 0.339 e. The minimum atomic E-state index is -1.07. The Hall–Kier alpha value is -3.24. The van der Waals surface area contributed by atoms with Crippen LogP contribution in [0.5, 0.6) is 0 Å². The van der Waals surface area contributed by atoms with E-state index in [0.717, 1.165) is 23.5 Å². The van der Waals surface area contributed by atoms with Gasteiger partial charge in [0.15, 0.2) is 10.4 Å². The lowest BCUT2D eigenvalue weighted by Crippen LogP contribution is -2.37. The second-order valence-electron chi connectivity index (χ2n) is 6.58. The van der Waals surface area contributed by atoms with Crippen LogP contribution in [0.4, 0.5) is 11.4 Å². The number of benzene rings is 2. The number of para-hydroxylation sites is 1. The third kappa shape index (κ3) is 5.47. The molecule has 1 heterocycles. The van der Waals surface area contributed by atoms with E-state index in [2.05, 4.69) is 4.98 Å². The SMILES string of the molecule is Cc1csc(Sc2ccc(C(=O)OC(C)C(=O)N(C)c3ccccc3)cc2[N+](=O)[O-])n1. The molecule has 0 bridgehead atoms. The van der Waals surface area contributed by atoms with Crippen LogP contribution in [0.25, 0.3) is 0 Å². The molecule has 0 N–H and O–H groups in total. The highest BCUT2D eigenvalue weighted by Gasteiger charge is 2.25. The van der Waals surface area contributed by atoms with E-state index in [9.17, 15) is 19.7 Å². The minimum absolute atomic E-state index is 0.00613. The van der Waals surface area contributed by atoms with Gasteiger partial charge >= 0.3 is 5.97 Å². The number of aromatic nitrogens is 1. The van der Waals surface area contributed by atoms with E-state index in [1.165, 1.54) is 35.3 Å². The van der Waals surface area contributed by atoms with Gasteiger partial charge in [-0.3, -0.25) is 14.9 Å². The molecule has 1 amide bonds. The molecule has 160 valence electrons. The van der Waals surface area contributed by atoms with Crippen molar-refractivity contribution in [1.29, 1.82) is 0 Å². The first-order chi connectivity index (χ1) is 14.8. The van der Waals surface area contributed by atoms with Gasteiger partial charge in [-0.15, -0.1) is 11.3 Å². The van der Waals surface area contributed by atoms with Crippen LogP contribution in [-0.2, 0) is 9.53 Å². The molecule has 8 nitrogen and oxygen atoms in total. The van der Waals surface area contributed by atoms with Crippen molar-refractivity contribution >= 4 is 46.3 Å². The van der Waals surface area contributed by atoms with Crippen molar-refractivity contribution in [3.05, 3.63) is 75.3 Å². The van der Waals surface area contributed by atoms with Crippen LogP contribution in [0.1, 0.15) is 23.0 Å². The molecule has 0 fully saturated rings. The van der Waals surface area contributed by atoms with E-state index in [-0.39, 0.29) is 11.3 Å². The Labute approximate surface area is 187 Å². The summed E-state index contributed by atoms with van der Waals surface area (Å²) in [7, 11) is 1.58. The van der Waals surface area contributed by atoms with Gasteiger partial charge in [0.1, 0.15) is 0 Å². The topological polar surface area (TPSA) is 103 Å². The molecule has 1 aromatic heterocycles. The van der Waals surface area contributed by atoms with Crippen molar-refractivity contribution in [3.63, 3.8) is 0 Å². The third-order valence-corrected chi connectivity index (χ3v) is 6.41. The molecule has 3 rings (SSSR count). The average molecular weight is 458 g/mol. The largest absolute Gasteiger partial charge is 0.449 e. The fraction of sp³-hybridized carbons (Fsp3) is 0.190. The van der Waals surface area contributed by atoms with Crippen molar-refractivity contribution in [1.82, 2.24) is 4.98 Å². The van der Waals surface area contributed by atoms with E-state index in [1.54, 1.807) is 31.3 Å². The molecular weight excluding hydrogens is 438 g/mol. The Morgan fingerprint density at radius 3 is 2.55 bits per heavy atom. The van der Waals surface area contributed by atoms with Crippen molar-refractivity contribution in [3.8, 4) is 0 Å². The van der Waals surface area contributed by atoms with E-state index in [4.69, 9.17) is 4.74 Å². The van der Waals surface area contributed by atoms with Gasteiger partial charge in [-0.05, 0) is 38.1 Å². The maximum Gasteiger partial charge on any atom is 0.339 e. The highest BCUT2D eigenvalue weighted by Crippen LogP contribution is 2.37. The molecule has 0 saturated carbocycles. The number of thiazole rings is 1. The van der Waals surface area contributed by atoms with Crippen LogP contribution in [-0.4, -0.2) is 34.9 Å². The predicted octanol–water partition coefficient (Wildman–Crippen LogP) is 4.72. The van der Waals surface area contributed by atoms with Crippen molar-refractivity contribution in [2.75, 3.05) is 11.9 Å². The summed E-state index contributed by atoms with van der Waals surface area (Å²) < 4.78 is 5.93. The van der Waals surface area contributed by atoms with Crippen LogP contribution in [0, 0.1) is 17.0 Å². The van der Waals surface area contributed by atoms with Crippen LogP contribution in [0.3, 0.4) is 0 Å². The number of amides is 1. The number of nitro groups is 1. The summed E-state index contributed by atoms with van der Waals surface area (Å²) in [4.78, 5) is 42.1. The number of hydrogen-bond acceptors (Lipinski definition) is 8. The summed E-state index contributed by atoms with van der Waals surface area (Å²) in [5, 5.41) is 13.4. The Kier molecular flexibility index (Phi) is 7.03. The van der Waals surface area contributed by atoms with Crippen LogP contribution < -0.4 is 4.90 Å². The normalized spacial score (nSPS) is 11.6. The van der Waals surface area contributed by atoms with Crippen LogP contribution >= 0.6 is 23.1 Å². The first kappa shape index (κ1) is 22.4. The number of ether oxygens (including phenoxy) is 1. The lowest BCUT2D eigenvalue weighted by molar-refractivity contribution is -0.387. The second kappa shape index (κ2) is 9.71. The minimum Gasteiger partial charge on any atom is -0.449 e. The number of carbonyl (C=O) groups excluding carboxylic acids is 2. The van der Waals surface area contributed by atoms with E-state index in [0.29, 0.717) is 14.9 Å².